The molecule has 0 N–H and O–H groups in total. The molecule has 3 aromatic rings. The molecule has 1 heterocycles. The molecular weight excluding hydrogens is 541 g/mol. The van der Waals surface area contributed by atoms with Crippen LogP contribution in [0.2, 0.25) is 0 Å². The molecule has 0 unspecified atom stereocenters. The van der Waals surface area contributed by atoms with Gasteiger partial charge in [-0.25, -0.2) is 9.69 Å². The standard InChI is InChI=1S/C24H16INO5S/c1-30-20-13-15(11-12-19(20)31-23(28)17-9-5-6-10-18(17)25)14-21-22(27)26(24(29)32-21)16-7-3-2-4-8-16/h2-14H,1H3/b21-14-. The third kappa shape index (κ3) is 4.56. The fourth-order valence-corrected chi connectivity index (χ4v) is 4.51. The van der Waals surface area contributed by atoms with E-state index in [0.29, 0.717) is 27.5 Å². The van der Waals surface area contributed by atoms with Crippen LogP contribution in [0.3, 0.4) is 0 Å². The van der Waals surface area contributed by atoms with Crippen molar-refractivity contribution < 1.29 is 23.9 Å². The van der Waals surface area contributed by atoms with Crippen molar-refractivity contribution in [2.24, 2.45) is 0 Å². The molecule has 0 saturated carbocycles. The molecular formula is C24H16INO5S. The summed E-state index contributed by atoms with van der Waals surface area (Å²) in [6.07, 6.45) is 1.61. The number of halogens is 1. The van der Waals surface area contributed by atoms with Crippen LogP contribution in [0, 0.1) is 3.57 Å². The number of rotatable bonds is 5. The number of nitrogens with zero attached hydrogens (tertiary/aromatic N) is 1. The maximum Gasteiger partial charge on any atom is 0.344 e. The maximum atomic E-state index is 12.8. The molecule has 0 atom stereocenters. The first-order valence-corrected chi connectivity index (χ1v) is 11.3. The number of ether oxygens (including phenoxy) is 2. The molecule has 2 amide bonds. The smallest absolute Gasteiger partial charge is 0.344 e. The Kier molecular flexibility index (Phi) is 6.61. The summed E-state index contributed by atoms with van der Waals surface area (Å²) >= 11 is 2.94. The van der Waals surface area contributed by atoms with E-state index in [0.717, 1.165) is 20.2 Å². The van der Waals surface area contributed by atoms with Crippen LogP contribution in [-0.4, -0.2) is 24.2 Å². The lowest BCUT2D eigenvalue weighted by Crippen LogP contribution is -2.27. The van der Waals surface area contributed by atoms with Crippen molar-refractivity contribution in [3.8, 4) is 11.5 Å². The van der Waals surface area contributed by atoms with Gasteiger partial charge in [-0.05, 0) is 82.4 Å². The predicted molar refractivity (Wildman–Crippen MR) is 132 cm³/mol. The second kappa shape index (κ2) is 9.58. The normalized spacial score (nSPS) is 14.7. The first-order chi connectivity index (χ1) is 15.5. The van der Waals surface area contributed by atoms with Crippen LogP contribution in [-0.2, 0) is 4.79 Å². The van der Waals surface area contributed by atoms with E-state index in [-0.39, 0.29) is 16.9 Å². The molecule has 0 radical (unpaired) electrons. The molecule has 1 aliphatic rings. The molecule has 1 saturated heterocycles. The molecule has 160 valence electrons. The molecule has 1 fully saturated rings. The third-order valence-corrected chi connectivity index (χ3v) is 6.40. The van der Waals surface area contributed by atoms with E-state index in [4.69, 9.17) is 9.47 Å². The summed E-state index contributed by atoms with van der Waals surface area (Å²) in [7, 11) is 1.46. The van der Waals surface area contributed by atoms with Gasteiger partial charge in [-0.15, -0.1) is 0 Å². The van der Waals surface area contributed by atoms with Crippen LogP contribution in [0.5, 0.6) is 11.5 Å². The van der Waals surface area contributed by atoms with Gasteiger partial charge in [0, 0.05) is 3.57 Å². The fourth-order valence-electron chi connectivity index (χ4n) is 3.06. The number of para-hydroxylation sites is 1. The Hall–Kier alpha value is -3.11. The predicted octanol–water partition coefficient (Wildman–Crippen LogP) is 5.76. The molecule has 0 aromatic heterocycles. The SMILES string of the molecule is COc1cc(/C=C2\SC(=O)N(c3ccccc3)C2=O)ccc1OC(=O)c1ccccc1I. The van der Waals surface area contributed by atoms with Crippen LogP contribution in [0.15, 0.2) is 77.7 Å². The topological polar surface area (TPSA) is 72.9 Å². The molecule has 32 heavy (non-hydrogen) atoms. The van der Waals surface area contributed by atoms with Crippen molar-refractivity contribution in [1.82, 2.24) is 0 Å². The average molecular weight is 557 g/mol. The summed E-state index contributed by atoms with van der Waals surface area (Å²) in [6, 6.07) is 20.8. The van der Waals surface area contributed by atoms with Crippen molar-refractivity contribution in [3.05, 3.63) is 92.4 Å². The number of esters is 1. The quantitative estimate of drug-likeness (QED) is 0.172. The van der Waals surface area contributed by atoms with Crippen molar-refractivity contribution in [3.63, 3.8) is 0 Å². The first kappa shape index (κ1) is 22.1. The number of carbonyl (C=O) groups excluding carboxylic acids is 3. The highest BCUT2D eigenvalue weighted by molar-refractivity contribution is 14.1. The lowest BCUT2D eigenvalue weighted by Gasteiger charge is -2.12. The van der Waals surface area contributed by atoms with E-state index in [1.807, 2.05) is 18.2 Å². The number of carbonyl (C=O) groups is 3. The largest absolute Gasteiger partial charge is 0.493 e. The Morgan fingerprint density at radius 3 is 2.41 bits per heavy atom. The number of imide groups is 1. The fraction of sp³-hybridized carbons (Fsp3) is 0.0417. The molecule has 0 bridgehead atoms. The molecule has 4 rings (SSSR count). The summed E-state index contributed by atoms with van der Waals surface area (Å²) in [6.45, 7) is 0. The van der Waals surface area contributed by atoms with E-state index in [1.54, 1.807) is 60.7 Å². The Morgan fingerprint density at radius 2 is 1.69 bits per heavy atom. The summed E-state index contributed by atoms with van der Waals surface area (Å²) in [5.41, 5.74) is 1.61. The minimum atomic E-state index is -0.495. The lowest BCUT2D eigenvalue weighted by molar-refractivity contribution is -0.113. The van der Waals surface area contributed by atoms with Crippen LogP contribution in [0.25, 0.3) is 6.08 Å². The van der Waals surface area contributed by atoms with Gasteiger partial charge < -0.3 is 9.47 Å². The number of hydrogen-bond acceptors (Lipinski definition) is 6. The second-order valence-corrected chi connectivity index (χ2v) is 8.79. The van der Waals surface area contributed by atoms with Crippen molar-refractivity contribution >= 4 is 63.2 Å². The van der Waals surface area contributed by atoms with Gasteiger partial charge in [0.25, 0.3) is 11.1 Å². The number of hydrogen-bond donors (Lipinski definition) is 0. The number of amides is 2. The molecule has 1 aliphatic heterocycles. The monoisotopic (exact) mass is 557 g/mol. The lowest BCUT2D eigenvalue weighted by atomic mass is 10.1. The number of thioether (sulfide) groups is 1. The highest BCUT2D eigenvalue weighted by Crippen LogP contribution is 2.37. The van der Waals surface area contributed by atoms with Crippen LogP contribution < -0.4 is 14.4 Å². The maximum absolute atomic E-state index is 12.8. The molecule has 0 spiro atoms. The Bertz CT molecular complexity index is 1240. The number of benzene rings is 3. The summed E-state index contributed by atoms with van der Waals surface area (Å²) in [5, 5.41) is -0.359. The zero-order valence-electron chi connectivity index (χ0n) is 16.8. The summed E-state index contributed by atoms with van der Waals surface area (Å²) < 4.78 is 11.7. The van der Waals surface area contributed by atoms with E-state index >= 15 is 0 Å². The minimum absolute atomic E-state index is 0.256. The molecule has 6 nitrogen and oxygen atoms in total. The van der Waals surface area contributed by atoms with Gasteiger partial charge in [0.2, 0.25) is 0 Å². The summed E-state index contributed by atoms with van der Waals surface area (Å²) in [5.74, 6) is -0.295. The Morgan fingerprint density at radius 1 is 0.969 bits per heavy atom. The van der Waals surface area contributed by atoms with E-state index in [9.17, 15) is 14.4 Å². The summed E-state index contributed by atoms with van der Waals surface area (Å²) in [4.78, 5) is 39.2. The minimum Gasteiger partial charge on any atom is -0.493 e. The Balaban J connectivity index is 1.57. The third-order valence-electron chi connectivity index (χ3n) is 4.59. The van der Waals surface area contributed by atoms with E-state index in [1.165, 1.54) is 7.11 Å². The van der Waals surface area contributed by atoms with Crippen molar-refractivity contribution in [2.45, 2.75) is 0 Å². The van der Waals surface area contributed by atoms with E-state index in [2.05, 4.69) is 22.6 Å². The number of anilines is 1. The van der Waals surface area contributed by atoms with Crippen molar-refractivity contribution in [2.75, 3.05) is 12.0 Å². The van der Waals surface area contributed by atoms with Crippen molar-refractivity contribution in [1.29, 1.82) is 0 Å². The molecule has 8 heteroatoms. The zero-order chi connectivity index (χ0) is 22.7. The first-order valence-electron chi connectivity index (χ1n) is 9.45. The molecule has 3 aromatic carbocycles. The molecule has 0 aliphatic carbocycles. The van der Waals surface area contributed by atoms with Crippen LogP contribution in [0.1, 0.15) is 15.9 Å². The van der Waals surface area contributed by atoms with E-state index < -0.39 is 5.97 Å². The zero-order valence-corrected chi connectivity index (χ0v) is 19.8. The van der Waals surface area contributed by atoms with Gasteiger partial charge in [0.1, 0.15) is 0 Å². The second-order valence-electron chi connectivity index (χ2n) is 6.63. The van der Waals surface area contributed by atoms with Crippen LogP contribution >= 0.6 is 34.4 Å². The van der Waals surface area contributed by atoms with Gasteiger partial charge in [-0.2, -0.15) is 0 Å². The van der Waals surface area contributed by atoms with Gasteiger partial charge >= 0.3 is 5.97 Å². The van der Waals surface area contributed by atoms with Crippen LogP contribution in [0.4, 0.5) is 10.5 Å². The average Bonchev–Trinajstić information content (AvgIpc) is 3.08. The van der Waals surface area contributed by atoms with Gasteiger partial charge in [0.05, 0.1) is 23.3 Å². The van der Waals surface area contributed by atoms with Gasteiger partial charge in [-0.1, -0.05) is 36.4 Å². The highest BCUT2D eigenvalue weighted by Gasteiger charge is 2.36. The Labute approximate surface area is 202 Å². The number of methoxy groups -OCH3 is 1. The van der Waals surface area contributed by atoms with Gasteiger partial charge in [-0.3, -0.25) is 9.59 Å². The van der Waals surface area contributed by atoms with Gasteiger partial charge in [0.15, 0.2) is 11.5 Å². The highest BCUT2D eigenvalue weighted by atomic mass is 127.